The molecule has 104 valence electrons. The Hall–Kier alpha value is -0.850. The maximum absolute atomic E-state index is 12.2. The van der Waals surface area contributed by atoms with Crippen LogP contribution in [0.1, 0.15) is 38.7 Å². The van der Waals surface area contributed by atoms with Crippen LogP contribution in [0.5, 0.6) is 0 Å². The molecule has 18 heavy (non-hydrogen) atoms. The highest BCUT2D eigenvalue weighted by atomic mass is 32.2. The molecule has 1 aromatic heterocycles. The van der Waals surface area contributed by atoms with E-state index in [1.165, 1.54) is 6.07 Å². The highest BCUT2D eigenvalue weighted by Crippen LogP contribution is 2.21. The van der Waals surface area contributed by atoms with Gasteiger partial charge < -0.3 is 9.52 Å². The van der Waals surface area contributed by atoms with Crippen molar-refractivity contribution in [3.05, 3.63) is 17.6 Å². The number of nitrogens with one attached hydrogen (secondary N) is 1. The van der Waals surface area contributed by atoms with Crippen LogP contribution in [0.3, 0.4) is 0 Å². The van der Waals surface area contributed by atoms with Gasteiger partial charge in [0.25, 0.3) is 0 Å². The molecule has 0 aliphatic heterocycles. The van der Waals surface area contributed by atoms with Crippen LogP contribution in [0.4, 0.5) is 0 Å². The number of aliphatic hydroxyl groups is 1. The summed E-state index contributed by atoms with van der Waals surface area (Å²) in [7, 11) is -3.59. The Morgan fingerprint density at radius 3 is 2.50 bits per heavy atom. The van der Waals surface area contributed by atoms with Gasteiger partial charge in [0.1, 0.15) is 23.0 Å². The summed E-state index contributed by atoms with van der Waals surface area (Å²) in [5, 5.41) is 8.94. The average Bonchev–Trinajstić information content (AvgIpc) is 2.69. The lowest BCUT2D eigenvalue weighted by atomic mass is 10.0. The van der Waals surface area contributed by atoms with Crippen molar-refractivity contribution in [3.63, 3.8) is 0 Å². The summed E-state index contributed by atoms with van der Waals surface area (Å²) in [5.41, 5.74) is 0. The van der Waals surface area contributed by atoms with Crippen LogP contribution < -0.4 is 4.72 Å². The Labute approximate surface area is 108 Å². The predicted octanol–water partition coefficient (Wildman–Crippen LogP) is 1.79. The number of hydrogen-bond donors (Lipinski definition) is 2. The first kappa shape index (κ1) is 15.2. The van der Waals surface area contributed by atoms with Gasteiger partial charge in [-0.15, -0.1) is 0 Å². The van der Waals surface area contributed by atoms with Crippen LogP contribution >= 0.6 is 0 Å². The predicted molar refractivity (Wildman–Crippen MR) is 68.6 cm³/mol. The highest BCUT2D eigenvalue weighted by molar-refractivity contribution is 7.89. The molecule has 0 aromatic carbocycles. The van der Waals surface area contributed by atoms with E-state index in [1.807, 2.05) is 20.8 Å². The summed E-state index contributed by atoms with van der Waals surface area (Å²) in [5.74, 6) is 0.802. The molecule has 5 nitrogen and oxygen atoms in total. The number of hydrogen-bond acceptors (Lipinski definition) is 4. The van der Waals surface area contributed by atoms with Gasteiger partial charge in [-0.2, -0.15) is 0 Å². The third-order valence-corrected chi connectivity index (χ3v) is 4.87. The van der Waals surface area contributed by atoms with Crippen LogP contribution in [0.25, 0.3) is 0 Å². The molecular formula is C12H21NO4S. The summed E-state index contributed by atoms with van der Waals surface area (Å²) in [6, 6.07) is 1.22. The van der Waals surface area contributed by atoms with Gasteiger partial charge in [-0.05, 0) is 19.8 Å². The van der Waals surface area contributed by atoms with Gasteiger partial charge in [0.15, 0.2) is 0 Å². The summed E-state index contributed by atoms with van der Waals surface area (Å²) < 4.78 is 32.1. The van der Waals surface area contributed by atoms with Crippen LogP contribution in [0.2, 0.25) is 0 Å². The molecule has 0 aliphatic carbocycles. The Balaban J connectivity index is 2.96. The van der Waals surface area contributed by atoms with Crippen molar-refractivity contribution in [1.82, 2.24) is 4.72 Å². The molecule has 0 bridgehead atoms. The second-order valence-electron chi connectivity index (χ2n) is 4.59. The molecule has 2 unspecified atom stereocenters. The van der Waals surface area contributed by atoms with E-state index >= 15 is 0 Å². The van der Waals surface area contributed by atoms with Gasteiger partial charge in [-0.25, -0.2) is 13.1 Å². The van der Waals surface area contributed by atoms with Crippen LogP contribution in [-0.2, 0) is 16.6 Å². The molecule has 0 saturated carbocycles. The second-order valence-corrected chi connectivity index (χ2v) is 6.27. The molecule has 1 aromatic rings. The van der Waals surface area contributed by atoms with Crippen molar-refractivity contribution in [2.45, 2.75) is 51.7 Å². The molecule has 1 rings (SSSR count). The first-order chi connectivity index (χ1) is 8.31. The summed E-state index contributed by atoms with van der Waals surface area (Å²) in [6.07, 6.45) is 0.899. The number of sulfonamides is 1. The van der Waals surface area contributed by atoms with Gasteiger partial charge in [0.2, 0.25) is 10.0 Å². The SMILES string of the molecule is CCC(C)C(C)NS(=O)(=O)c1cc(CO)oc1C. The van der Waals surface area contributed by atoms with E-state index in [9.17, 15) is 8.42 Å². The lowest BCUT2D eigenvalue weighted by Gasteiger charge is -2.19. The standard InChI is InChI=1S/C12H21NO4S/c1-5-8(2)9(3)13-18(15,16)12-6-11(7-14)17-10(12)4/h6,8-9,13-14H,5,7H2,1-4H3. The maximum atomic E-state index is 12.2. The molecule has 0 radical (unpaired) electrons. The fourth-order valence-electron chi connectivity index (χ4n) is 1.65. The Kier molecular flexibility index (Phi) is 4.95. The zero-order valence-corrected chi connectivity index (χ0v) is 12.0. The first-order valence-electron chi connectivity index (χ1n) is 6.04. The third kappa shape index (κ3) is 3.34. The summed E-state index contributed by atoms with van der Waals surface area (Å²) >= 11 is 0. The average molecular weight is 275 g/mol. The molecule has 0 amide bonds. The van der Waals surface area contributed by atoms with E-state index in [-0.39, 0.29) is 29.2 Å². The van der Waals surface area contributed by atoms with E-state index in [0.29, 0.717) is 5.76 Å². The fraction of sp³-hybridized carbons (Fsp3) is 0.667. The number of aryl methyl sites for hydroxylation is 1. The van der Waals surface area contributed by atoms with Gasteiger partial charge >= 0.3 is 0 Å². The monoisotopic (exact) mass is 275 g/mol. The molecule has 0 aliphatic rings. The summed E-state index contributed by atoms with van der Waals surface area (Å²) in [6.45, 7) is 7.12. The van der Waals surface area contributed by atoms with Gasteiger partial charge in [0.05, 0.1) is 0 Å². The van der Waals surface area contributed by atoms with E-state index in [4.69, 9.17) is 9.52 Å². The second kappa shape index (κ2) is 5.86. The lowest BCUT2D eigenvalue weighted by Crippen LogP contribution is -2.36. The molecule has 0 fully saturated rings. The lowest BCUT2D eigenvalue weighted by molar-refractivity contribution is 0.244. The Morgan fingerprint density at radius 1 is 1.44 bits per heavy atom. The molecular weight excluding hydrogens is 254 g/mol. The van der Waals surface area contributed by atoms with Crippen molar-refractivity contribution in [1.29, 1.82) is 0 Å². The number of rotatable bonds is 6. The first-order valence-corrected chi connectivity index (χ1v) is 7.52. The maximum Gasteiger partial charge on any atom is 0.244 e. The molecule has 0 saturated heterocycles. The minimum atomic E-state index is -3.59. The normalized spacial score (nSPS) is 15.6. The van der Waals surface area contributed by atoms with Crippen LogP contribution in [0, 0.1) is 12.8 Å². The van der Waals surface area contributed by atoms with Crippen molar-refractivity contribution >= 4 is 10.0 Å². The number of furan rings is 1. The van der Waals surface area contributed by atoms with Crippen LogP contribution in [-0.4, -0.2) is 19.6 Å². The van der Waals surface area contributed by atoms with Crippen molar-refractivity contribution < 1.29 is 17.9 Å². The van der Waals surface area contributed by atoms with Gasteiger partial charge in [0, 0.05) is 12.1 Å². The van der Waals surface area contributed by atoms with Crippen LogP contribution in [0.15, 0.2) is 15.4 Å². The molecule has 1 heterocycles. The van der Waals surface area contributed by atoms with Gasteiger partial charge in [-0.3, -0.25) is 0 Å². The molecule has 2 atom stereocenters. The summed E-state index contributed by atoms with van der Waals surface area (Å²) in [4.78, 5) is 0.0988. The highest BCUT2D eigenvalue weighted by Gasteiger charge is 2.24. The van der Waals surface area contributed by atoms with Crippen molar-refractivity contribution in [2.24, 2.45) is 5.92 Å². The van der Waals surface area contributed by atoms with Crippen molar-refractivity contribution in [2.75, 3.05) is 0 Å². The molecule has 2 N–H and O–H groups in total. The smallest absolute Gasteiger partial charge is 0.244 e. The topological polar surface area (TPSA) is 79.5 Å². The third-order valence-electron chi connectivity index (χ3n) is 3.21. The Bertz CT molecular complexity index is 492. The zero-order valence-electron chi connectivity index (χ0n) is 11.2. The zero-order chi connectivity index (χ0) is 13.9. The van der Waals surface area contributed by atoms with E-state index in [2.05, 4.69) is 4.72 Å². The molecule has 0 spiro atoms. The van der Waals surface area contributed by atoms with Crippen molar-refractivity contribution in [3.8, 4) is 0 Å². The number of aliphatic hydroxyl groups excluding tert-OH is 1. The molecule has 6 heteroatoms. The fourth-order valence-corrected chi connectivity index (χ4v) is 3.20. The van der Waals surface area contributed by atoms with Gasteiger partial charge in [-0.1, -0.05) is 20.3 Å². The van der Waals surface area contributed by atoms with E-state index in [0.717, 1.165) is 6.42 Å². The van der Waals surface area contributed by atoms with E-state index in [1.54, 1.807) is 6.92 Å². The largest absolute Gasteiger partial charge is 0.462 e. The van der Waals surface area contributed by atoms with E-state index < -0.39 is 10.0 Å². The Morgan fingerprint density at radius 2 is 2.06 bits per heavy atom. The quantitative estimate of drug-likeness (QED) is 0.829. The minimum absolute atomic E-state index is 0.0988. The minimum Gasteiger partial charge on any atom is -0.462 e.